The highest BCUT2D eigenvalue weighted by Crippen LogP contribution is 2.29. The highest BCUT2D eigenvalue weighted by molar-refractivity contribution is 8.01. The number of unbranched alkanes of at least 4 members (excludes halogenated alkanes) is 1. The predicted octanol–water partition coefficient (Wildman–Crippen LogP) is 3.84. The van der Waals surface area contributed by atoms with Crippen LogP contribution in [0.3, 0.4) is 0 Å². The zero-order chi connectivity index (χ0) is 16.0. The maximum Gasteiger partial charge on any atom is 0.213 e. The highest BCUT2D eigenvalue weighted by atomic mass is 32.2. The Hall–Kier alpha value is -0.630. The first-order valence-electron chi connectivity index (χ1n) is 7.45. The van der Waals surface area contributed by atoms with E-state index in [2.05, 4.69) is 18.0 Å². The van der Waals surface area contributed by atoms with E-state index in [-0.39, 0.29) is 5.75 Å². The van der Waals surface area contributed by atoms with Gasteiger partial charge in [-0.25, -0.2) is 17.7 Å². The molecular formula is C15H22N2O2S3. The molecule has 0 unspecified atom stereocenters. The first-order valence-corrected chi connectivity index (χ1v) is 10.9. The predicted molar refractivity (Wildman–Crippen MR) is 96.3 cm³/mol. The van der Waals surface area contributed by atoms with E-state index in [1.807, 2.05) is 18.2 Å². The molecule has 0 fully saturated rings. The highest BCUT2D eigenvalue weighted by Gasteiger charge is 2.16. The lowest BCUT2D eigenvalue weighted by atomic mass is 10.3. The SMILES string of the molecule is CCCCN(C)S(=O)(=O)CCCSc1nc2ccccc2s1. The second-order valence-corrected chi connectivity index (χ2v) is 9.71. The number of aromatic nitrogens is 1. The van der Waals surface area contributed by atoms with Crippen LogP contribution in [-0.2, 0) is 10.0 Å². The normalized spacial score (nSPS) is 12.3. The topological polar surface area (TPSA) is 50.3 Å². The molecule has 0 bridgehead atoms. The second kappa shape index (κ2) is 8.29. The van der Waals surface area contributed by atoms with E-state index in [0.29, 0.717) is 13.0 Å². The quantitative estimate of drug-likeness (QED) is 0.505. The third kappa shape index (κ3) is 4.94. The van der Waals surface area contributed by atoms with Crippen molar-refractivity contribution in [2.24, 2.45) is 0 Å². The molecule has 0 amide bonds. The average Bonchev–Trinajstić information content (AvgIpc) is 2.91. The molecule has 0 aliphatic heterocycles. The van der Waals surface area contributed by atoms with Gasteiger partial charge in [0, 0.05) is 19.3 Å². The van der Waals surface area contributed by atoms with E-state index >= 15 is 0 Å². The number of rotatable bonds is 9. The summed E-state index contributed by atoms with van der Waals surface area (Å²) in [5, 5.41) is 0. The van der Waals surface area contributed by atoms with E-state index in [9.17, 15) is 8.42 Å². The standard InChI is InChI=1S/C15H22N2O2S3/c1-3-4-10-17(2)22(18,19)12-7-11-20-15-16-13-8-5-6-9-14(13)21-15/h5-6,8-9H,3-4,7,10-12H2,1-2H3. The smallest absolute Gasteiger partial charge is 0.213 e. The van der Waals surface area contributed by atoms with Gasteiger partial charge in [0.05, 0.1) is 16.0 Å². The summed E-state index contributed by atoms with van der Waals surface area (Å²) in [5.74, 6) is 0.992. The van der Waals surface area contributed by atoms with Crippen LogP contribution in [0.5, 0.6) is 0 Å². The number of nitrogens with zero attached hydrogens (tertiary/aromatic N) is 2. The van der Waals surface area contributed by atoms with Crippen LogP contribution >= 0.6 is 23.1 Å². The third-order valence-corrected chi connectivity index (χ3v) is 7.55. The number of para-hydroxylation sites is 1. The number of benzene rings is 1. The van der Waals surface area contributed by atoms with Crippen LogP contribution in [0.15, 0.2) is 28.6 Å². The largest absolute Gasteiger partial charge is 0.230 e. The molecule has 122 valence electrons. The Labute approximate surface area is 141 Å². The summed E-state index contributed by atoms with van der Waals surface area (Å²) in [6.45, 7) is 2.68. The van der Waals surface area contributed by atoms with Gasteiger partial charge in [-0.05, 0) is 25.0 Å². The molecule has 0 spiro atoms. The molecule has 0 atom stereocenters. The van der Waals surface area contributed by atoms with E-state index in [4.69, 9.17) is 0 Å². The Balaban J connectivity index is 1.78. The van der Waals surface area contributed by atoms with Crippen molar-refractivity contribution in [1.29, 1.82) is 0 Å². The lowest BCUT2D eigenvalue weighted by Crippen LogP contribution is -2.30. The van der Waals surface area contributed by atoms with Gasteiger partial charge in [-0.1, -0.05) is 37.2 Å². The number of thiazole rings is 1. The van der Waals surface area contributed by atoms with Gasteiger partial charge in [0.15, 0.2) is 4.34 Å². The number of thioether (sulfide) groups is 1. The molecule has 0 saturated heterocycles. The van der Waals surface area contributed by atoms with Crippen molar-refractivity contribution < 1.29 is 8.42 Å². The summed E-state index contributed by atoms with van der Waals surface area (Å²) in [6.07, 6.45) is 2.57. The fourth-order valence-corrected chi connectivity index (χ4v) is 5.48. The first kappa shape index (κ1) is 17.7. The van der Waals surface area contributed by atoms with E-state index < -0.39 is 10.0 Å². The number of hydrogen-bond acceptors (Lipinski definition) is 5. The molecule has 1 aromatic heterocycles. The van der Waals surface area contributed by atoms with Crippen molar-refractivity contribution in [2.75, 3.05) is 25.1 Å². The van der Waals surface area contributed by atoms with Gasteiger partial charge in [0.2, 0.25) is 10.0 Å². The molecule has 0 aliphatic rings. The fourth-order valence-electron chi connectivity index (χ4n) is 1.99. The van der Waals surface area contributed by atoms with Crippen molar-refractivity contribution in [3.8, 4) is 0 Å². The molecular weight excluding hydrogens is 336 g/mol. The summed E-state index contributed by atoms with van der Waals surface area (Å²) in [6, 6.07) is 8.05. The molecule has 22 heavy (non-hydrogen) atoms. The minimum absolute atomic E-state index is 0.213. The molecule has 1 aromatic carbocycles. The maximum atomic E-state index is 12.1. The van der Waals surface area contributed by atoms with Crippen LogP contribution in [0.4, 0.5) is 0 Å². The number of hydrogen-bond donors (Lipinski definition) is 0. The molecule has 2 rings (SSSR count). The molecule has 1 heterocycles. The van der Waals surface area contributed by atoms with E-state index in [0.717, 1.165) is 28.5 Å². The number of sulfonamides is 1. The third-order valence-electron chi connectivity index (χ3n) is 3.35. The Morgan fingerprint density at radius 2 is 2.05 bits per heavy atom. The van der Waals surface area contributed by atoms with Crippen molar-refractivity contribution in [1.82, 2.24) is 9.29 Å². The van der Waals surface area contributed by atoms with Gasteiger partial charge in [-0.3, -0.25) is 0 Å². The van der Waals surface area contributed by atoms with Crippen LogP contribution in [0.1, 0.15) is 26.2 Å². The van der Waals surface area contributed by atoms with E-state index in [1.54, 1.807) is 30.1 Å². The maximum absolute atomic E-state index is 12.1. The van der Waals surface area contributed by atoms with Crippen LogP contribution in [0, 0.1) is 0 Å². The molecule has 7 heteroatoms. The van der Waals surface area contributed by atoms with Crippen molar-refractivity contribution in [3.63, 3.8) is 0 Å². The van der Waals surface area contributed by atoms with Gasteiger partial charge in [0.1, 0.15) is 0 Å². The van der Waals surface area contributed by atoms with Crippen LogP contribution in [0.25, 0.3) is 10.2 Å². The minimum atomic E-state index is -3.11. The molecule has 0 aliphatic carbocycles. The van der Waals surface area contributed by atoms with Crippen molar-refractivity contribution >= 4 is 43.3 Å². The molecule has 0 N–H and O–H groups in total. The van der Waals surface area contributed by atoms with Gasteiger partial charge in [-0.2, -0.15) is 0 Å². The monoisotopic (exact) mass is 358 g/mol. The van der Waals surface area contributed by atoms with Gasteiger partial charge in [0.25, 0.3) is 0 Å². The summed E-state index contributed by atoms with van der Waals surface area (Å²) < 4.78 is 27.9. The fraction of sp³-hybridized carbons (Fsp3) is 0.533. The Kier molecular flexibility index (Phi) is 6.67. The molecule has 4 nitrogen and oxygen atoms in total. The first-order chi connectivity index (χ1) is 10.5. The second-order valence-electron chi connectivity index (χ2n) is 5.14. The lowest BCUT2D eigenvalue weighted by Gasteiger charge is -2.16. The molecule has 0 saturated carbocycles. The summed E-state index contributed by atoms with van der Waals surface area (Å²) in [4.78, 5) is 4.54. The van der Waals surface area contributed by atoms with Crippen LogP contribution in [0.2, 0.25) is 0 Å². The minimum Gasteiger partial charge on any atom is -0.230 e. The summed E-state index contributed by atoms with van der Waals surface area (Å²) in [5.41, 5.74) is 1.02. The summed E-state index contributed by atoms with van der Waals surface area (Å²) in [7, 11) is -1.44. The van der Waals surface area contributed by atoms with E-state index in [1.165, 1.54) is 9.01 Å². The van der Waals surface area contributed by atoms with Gasteiger partial charge >= 0.3 is 0 Å². The van der Waals surface area contributed by atoms with Crippen molar-refractivity contribution in [2.45, 2.75) is 30.5 Å². The van der Waals surface area contributed by atoms with Crippen LogP contribution < -0.4 is 0 Å². The zero-order valence-corrected chi connectivity index (χ0v) is 15.4. The Morgan fingerprint density at radius 1 is 1.27 bits per heavy atom. The number of fused-ring (bicyclic) bond motifs is 1. The van der Waals surface area contributed by atoms with Gasteiger partial charge < -0.3 is 0 Å². The zero-order valence-electron chi connectivity index (χ0n) is 13.0. The Morgan fingerprint density at radius 3 is 2.77 bits per heavy atom. The molecule has 2 aromatic rings. The summed E-state index contributed by atoms with van der Waals surface area (Å²) >= 11 is 3.31. The lowest BCUT2D eigenvalue weighted by molar-refractivity contribution is 0.459. The van der Waals surface area contributed by atoms with Gasteiger partial charge in [-0.15, -0.1) is 11.3 Å². The molecule has 0 radical (unpaired) electrons. The average molecular weight is 359 g/mol. The van der Waals surface area contributed by atoms with Crippen LogP contribution in [-0.4, -0.2) is 42.8 Å². The Bertz CT molecular complexity index is 665. The van der Waals surface area contributed by atoms with Crippen molar-refractivity contribution in [3.05, 3.63) is 24.3 Å².